The highest BCUT2D eigenvalue weighted by atomic mass is 19.1. The number of benzene rings is 2. The largest absolute Gasteiger partial charge is 0.465 e. The van der Waals surface area contributed by atoms with Gasteiger partial charge in [0.05, 0.1) is 32.0 Å². The van der Waals surface area contributed by atoms with Crippen LogP contribution >= 0.6 is 0 Å². The number of hydrogen-bond acceptors (Lipinski definition) is 6. The minimum atomic E-state index is -0.367. The van der Waals surface area contributed by atoms with E-state index in [1.165, 1.54) is 19.2 Å². The summed E-state index contributed by atoms with van der Waals surface area (Å²) >= 11 is 0. The maximum absolute atomic E-state index is 13.2. The number of anilines is 1. The molecule has 1 unspecified atom stereocenters. The first kappa shape index (κ1) is 18.1. The van der Waals surface area contributed by atoms with Crippen molar-refractivity contribution in [1.29, 1.82) is 0 Å². The molecule has 3 aromatic rings. The van der Waals surface area contributed by atoms with E-state index in [9.17, 15) is 9.18 Å². The van der Waals surface area contributed by atoms with Crippen molar-refractivity contribution in [2.45, 2.75) is 12.8 Å². The lowest BCUT2D eigenvalue weighted by molar-refractivity contribution is 0.0600. The first-order valence-corrected chi connectivity index (χ1v) is 8.85. The summed E-state index contributed by atoms with van der Waals surface area (Å²) in [5.74, 6) is -0.640. The molecule has 0 N–H and O–H groups in total. The molecule has 1 fully saturated rings. The first-order chi connectivity index (χ1) is 13.6. The highest BCUT2D eigenvalue weighted by molar-refractivity contribution is 5.89. The standard InChI is InChI=1S/C20H19FN4O3/c1-27-20(26)15-4-2-14(3-5-15)12-24-13-18(22-23-24)19-25(10-11-28-19)17-8-6-16(21)7-9-17/h2-9,13,19H,10-12H2,1H3. The molecular formula is C20H19FN4O3. The van der Waals surface area contributed by atoms with Gasteiger partial charge in [0.25, 0.3) is 0 Å². The van der Waals surface area contributed by atoms with Gasteiger partial charge in [-0.15, -0.1) is 5.10 Å². The van der Waals surface area contributed by atoms with E-state index in [1.807, 2.05) is 23.2 Å². The van der Waals surface area contributed by atoms with E-state index < -0.39 is 0 Å². The molecular weight excluding hydrogens is 363 g/mol. The summed E-state index contributed by atoms with van der Waals surface area (Å²) in [4.78, 5) is 13.5. The SMILES string of the molecule is COC(=O)c1ccc(Cn2cc(C3OCCN3c3ccc(F)cc3)nn2)cc1. The zero-order valence-corrected chi connectivity index (χ0v) is 15.3. The van der Waals surface area contributed by atoms with E-state index in [4.69, 9.17) is 9.47 Å². The Kier molecular flexibility index (Phi) is 5.03. The molecule has 1 atom stereocenters. The molecule has 0 spiro atoms. The number of ether oxygens (including phenoxy) is 2. The minimum Gasteiger partial charge on any atom is -0.465 e. The Balaban J connectivity index is 1.47. The van der Waals surface area contributed by atoms with Gasteiger partial charge >= 0.3 is 5.97 Å². The predicted molar refractivity (Wildman–Crippen MR) is 99.3 cm³/mol. The third-order valence-corrected chi connectivity index (χ3v) is 4.58. The van der Waals surface area contributed by atoms with Crippen molar-refractivity contribution < 1.29 is 18.7 Å². The summed E-state index contributed by atoms with van der Waals surface area (Å²) in [5.41, 5.74) is 3.04. The lowest BCUT2D eigenvalue weighted by atomic mass is 10.1. The van der Waals surface area contributed by atoms with Gasteiger partial charge in [-0.2, -0.15) is 0 Å². The van der Waals surface area contributed by atoms with Crippen LogP contribution in [0.25, 0.3) is 0 Å². The lowest BCUT2D eigenvalue weighted by Crippen LogP contribution is -2.23. The van der Waals surface area contributed by atoms with Gasteiger partial charge < -0.3 is 14.4 Å². The number of carbonyl (C=O) groups is 1. The lowest BCUT2D eigenvalue weighted by Gasteiger charge is -2.23. The molecule has 28 heavy (non-hydrogen) atoms. The van der Waals surface area contributed by atoms with Gasteiger partial charge in [0.1, 0.15) is 11.5 Å². The van der Waals surface area contributed by atoms with Crippen LogP contribution in [0.2, 0.25) is 0 Å². The fourth-order valence-electron chi connectivity index (χ4n) is 3.17. The number of rotatable bonds is 5. The van der Waals surface area contributed by atoms with Gasteiger partial charge in [-0.3, -0.25) is 0 Å². The van der Waals surface area contributed by atoms with E-state index in [1.54, 1.807) is 28.9 Å². The smallest absolute Gasteiger partial charge is 0.337 e. The number of hydrogen-bond donors (Lipinski definition) is 0. The molecule has 0 saturated carbocycles. The van der Waals surface area contributed by atoms with E-state index >= 15 is 0 Å². The fraction of sp³-hybridized carbons (Fsp3) is 0.250. The zero-order chi connectivity index (χ0) is 19.5. The van der Waals surface area contributed by atoms with Crippen LogP contribution in [0.5, 0.6) is 0 Å². The summed E-state index contributed by atoms with van der Waals surface area (Å²) in [6, 6.07) is 13.5. The summed E-state index contributed by atoms with van der Waals surface area (Å²) in [6.45, 7) is 1.76. The number of aromatic nitrogens is 3. The van der Waals surface area contributed by atoms with Crippen LogP contribution in [-0.4, -0.2) is 41.2 Å². The second-order valence-corrected chi connectivity index (χ2v) is 6.42. The number of esters is 1. The zero-order valence-electron chi connectivity index (χ0n) is 15.3. The topological polar surface area (TPSA) is 69.5 Å². The quantitative estimate of drug-likeness (QED) is 0.632. The average molecular weight is 382 g/mol. The van der Waals surface area contributed by atoms with Crippen LogP contribution in [0, 0.1) is 5.82 Å². The molecule has 8 heteroatoms. The van der Waals surface area contributed by atoms with Crippen LogP contribution < -0.4 is 4.90 Å². The van der Waals surface area contributed by atoms with Crippen LogP contribution in [0.4, 0.5) is 10.1 Å². The van der Waals surface area contributed by atoms with Gasteiger partial charge in [0.15, 0.2) is 6.23 Å². The van der Waals surface area contributed by atoms with Crippen molar-refractivity contribution >= 4 is 11.7 Å². The Hall–Kier alpha value is -3.26. The number of carbonyl (C=O) groups excluding carboxylic acids is 1. The number of nitrogens with zero attached hydrogens (tertiary/aromatic N) is 4. The molecule has 0 bridgehead atoms. The summed E-state index contributed by atoms with van der Waals surface area (Å²) < 4.78 is 25.4. The summed E-state index contributed by atoms with van der Waals surface area (Å²) in [6.07, 6.45) is 1.47. The van der Waals surface area contributed by atoms with Gasteiger partial charge in [-0.05, 0) is 42.0 Å². The molecule has 0 amide bonds. The highest BCUT2D eigenvalue weighted by Gasteiger charge is 2.29. The Labute approximate surface area is 161 Å². The van der Waals surface area contributed by atoms with Crippen molar-refractivity contribution in [3.05, 3.63) is 77.4 Å². The number of halogens is 1. The maximum atomic E-state index is 13.2. The van der Waals surface area contributed by atoms with Crippen molar-refractivity contribution in [2.24, 2.45) is 0 Å². The van der Waals surface area contributed by atoms with E-state index in [0.717, 1.165) is 11.3 Å². The Morgan fingerprint density at radius 2 is 1.96 bits per heavy atom. The van der Waals surface area contributed by atoms with Gasteiger partial charge in [-0.25, -0.2) is 13.9 Å². The molecule has 0 aliphatic carbocycles. The second-order valence-electron chi connectivity index (χ2n) is 6.42. The molecule has 2 aromatic carbocycles. The molecule has 7 nitrogen and oxygen atoms in total. The van der Waals surface area contributed by atoms with Crippen molar-refractivity contribution in [1.82, 2.24) is 15.0 Å². The van der Waals surface area contributed by atoms with E-state index in [-0.39, 0.29) is 18.0 Å². The van der Waals surface area contributed by atoms with Crippen molar-refractivity contribution in [3.63, 3.8) is 0 Å². The summed E-state index contributed by atoms with van der Waals surface area (Å²) in [7, 11) is 1.35. The molecule has 1 aliphatic heterocycles. The van der Waals surface area contributed by atoms with Crippen molar-refractivity contribution in [2.75, 3.05) is 25.2 Å². The maximum Gasteiger partial charge on any atom is 0.337 e. The number of methoxy groups -OCH3 is 1. The van der Waals surface area contributed by atoms with E-state index in [2.05, 4.69) is 10.3 Å². The second kappa shape index (κ2) is 7.77. The van der Waals surface area contributed by atoms with Gasteiger partial charge in [0.2, 0.25) is 0 Å². The minimum absolute atomic E-state index is 0.274. The molecule has 4 rings (SSSR count). The Bertz CT molecular complexity index is 956. The van der Waals surface area contributed by atoms with Crippen molar-refractivity contribution in [3.8, 4) is 0 Å². The molecule has 0 radical (unpaired) electrons. The normalized spacial score (nSPS) is 16.4. The van der Waals surface area contributed by atoms with Gasteiger partial charge in [0, 0.05) is 12.2 Å². The molecule has 144 valence electrons. The monoisotopic (exact) mass is 382 g/mol. The van der Waals surface area contributed by atoms with Crippen LogP contribution in [0.1, 0.15) is 27.8 Å². The first-order valence-electron chi connectivity index (χ1n) is 8.85. The fourth-order valence-corrected chi connectivity index (χ4v) is 3.17. The molecule has 1 aromatic heterocycles. The predicted octanol–water partition coefficient (Wildman–Crippen LogP) is 2.79. The molecule has 1 aliphatic rings. The van der Waals surface area contributed by atoms with E-state index in [0.29, 0.717) is 31.0 Å². The third kappa shape index (κ3) is 3.72. The summed E-state index contributed by atoms with van der Waals surface area (Å²) in [5, 5.41) is 8.43. The highest BCUT2D eigenvalue weighted by Crippen LogP contribution is 2.31. The molecule has 1 saturated heterocycles. The van der Waals surface area contributed by atoms with Crippen LogP contribution in [-0.2, 0) is 16.0 Å². The van der Waals surface area contributed by atoms with Crippen LogP contribution in [0.15, 0.2) is 54.7 Å². The Morgan fingerprint density at radius 3 is 2.68 bits per heavy atom. The molecule has 2 heterocycles. The Morgan fingerprint density at radius 1 is 1.21 bits per heavy atom. The van der Waals surface area contributed by atoms with Crippen LogP contribution in [0.3, 0.4) is 0 Å². The average Bonchev–Trinajstić information content (AvgIpc) is 3.38. The van der Waals surface area contributed by atoms with Gasteiger partial charge in [-0.1, -0.05) is 17.3 Å². The third-order valence-electron chi connectivity index (χ3n) is 4.58.